The first kappa shape index (κ1) is 28.5. The third-order valence-electron chi connectivity index (χ3n) is 5.25. The van der Waals surface area contributed by atoms with E-state index in [1.807, 2.05) is 0 Å². The van der Waals surface area contributed by atoms with E-state index in [0.717, 1.165) is 0 Å². The van der Waals surface area contributed by atoms with E-state index in [-0.39, 0.29) is 12.3 Å². The first-order chi connectivity index (χ1) is 18.9. The predicted octanol–water partition coefficient (Wildman–Crippen LogP) is 3.21. The molecule has 2 amide bonds. The number of benzene rings is 3. The molecule has 0 fully saturated rings. The molecule has 0 atom stereocenters. The summed E-state index contributed by atoms with van der Waals surface area (Å²) in [6.45, 7) is 1.84. The molecule has 39 heavy (non-hydrogen) atoms. The fourth-order valence-corrected chi connectivity index (χ4v) is 3.30. The highest BCUT2D eigenvalue weighted by molar-refractivity contribution is 5.97. The molecular formula is C28H29N3O8. The number of esters is 1. The Bertz CT molecular complexity index is 1340. The van der Waals surface area contributed by atoms with Crippen LogP contribution in [0.2, 0.25) is 0 Å². The second kappa shape index (κ2) is 14.0. The van der Waals surface area contributed by atoms with Crippen molar-refractivity contribution in [1.82, 2.24) is 10.7 Å². The largest absolute Gasteiger partial charge is 0.497 e. The number of amides is 2. The van der Waals surface area contributed by atoms with Crippen LogP contribution >= 0.6 is 0 Å². The molecule has 0 saturated heterocycles. The molecule has 0 aliphatic rings. The van der Waals surface area contributed by atoms with Crippen molar-refractivity contribution in [3.63, 3.8) is 0 Å². The number of nitrogens with one attached hydrogen (secondary N) is 2. The minimum Gasteiger partial charge on any atom is -0.497 e. The number of methoxy groups -OCH3 is 3. The average Bonchev–Trinajstić information content (AvgIpc) is 2.96. The van der Waals surface area contributed by atoms with Gasteiger partial charge in [-0.05, 0) is 73.2 Å². The summed E-state index contributed by atoms with van der Waals surface area (Å²) in [6, 6.07) is 16.0. The highest BCUT2D eigenvalue weighted by Gasteiger charge is 2.14. The van der Waals surface area contributed by atoms with Gasteiger partial charge < -0.3 is 29.0 Å². The van der Waals surface area contributed by atoms with Crippen LogP contribution in [0.3, 0.4) is 0 Å². The van der Waals surface area contributed by atoms with E-state index in [9.17, 15) is 14.4 Å². The topological polar surface area (TPSA) is 134 Å². The second-order valence-electron chi connectivity index (χ2n) is 7.80. The number of hydrazone groups is 1. The smallest absolute Gasteiger partial charge is 0.343 e. The molecule has 3 aromatic rings. The molecule has 0 aromatic heterocycles. The highest BCUT2D eigenvalue weighted by atomic mass is 16.6. The number of ether oxygens (including phenoxy) is 5. The Morgan fingerprint density at radius 1 is 0.795 bits per heavy atom. The van der Waals surface area contributed by atoms with Gasteiger partial charge in [0, 0.05) is 5.56 Å². The normalized spacial score (nSPS) is 10.5. The van der Waals surface area contributed by atoms with E-state index in [0.29, 0.717) is 46.3 Å². The van der Waals surface area contributed by atoms with E-state index in [4.69, 9.17) is 23.7 Å². The molecule has 11 nitrogen and oxygen atoms in total. The van der Waals surface area contributed by atoms with E-state index >= 15 is 0 Å². The molecule has 2 N–H and O–H groups in total. The number of hydrogen-bond donors (Lipinski definition) is 2. The van der Waals surface area contributed by atoms with Crippen molar-refractivity contribution in [3.05, 3.63) is 77.4 Å². The van der Waals surface area contributed by atoms with Crippen LogP contribution < -0.4 is 34.4 Å². The van der Waals surface area contributed by atoms with Crippen molar-refractivity contribution in [1.29, 1.82) is 0 Å². The Labute approximate surface area is 225 Å². The molecular weight excluding hydrogens is 506 g/mol. The van der Waals surface area contributed by atoms with Gasteiger partial charge in [-0.1, -0.05) is 0 Å². The first-order valence-electron chi connectivity index (χ1n) is 11.8. The molecule has 0 bridgehead atoms. The number of hydrogen-bond acceptors (Lipinski definition) is 9. The Hall–Kier alpha value is -5.06. The van der Waals surface area contributed by atoms with Crippen LogP contribution in [-0.2, 0) is 4.79 Å². The van der Waals surface area contributed by atoms with E-state index in [1.165, 1.54) is 33.6 Å². The minimum absolute atomic E-state index is 0.233. The Balaban J connectivity index is 1.56. The molecule has 0 spiro atoms. The van der Waals surface area contributed by atoms with Crippen molar-refractivity contribution >= 4 is 24.0 Å². The molecule has 0 radical (unpaired) electrons. The average molecular weight is 536 g/mol. The lowest BCUT2D eigenvalue weighted by Crippen LogP contribution is -2.34. The van der Waals surface area contributed by atoms with Crippen LogP contribution in [0.1, 0.15) is 33.2 Å². The number of rotatable bonds is 12. The zero-order valence-corrected chi connectivity index (χ0v) is 22.0. The Kier molecular flexibility index (Phi) is 10.3. The van der Waals surface area contributed by atoms with Crippen LogP contribution in [0, 0.1) is 0 Å². The molecule has 0 aliphatic heterocycles. The zero-order chi connectivity index (χ0) is 28.2. The molecule has 3 rings (SSSR count). The molecule has 11 heteroatoms. The molecule has 0 saturated carbocycles. The Morgan fingerprint density at radius 2 is 1.49 bits per heavy atom. The van der Waals surface area contributed by atoms with Crippen molar-refractivity contribution in [3.8, 4) is 28.7 Å². The standard InChI is InChI=1S/C28H29N3O8/c1-5-38-25-14-18(6-12-23(25)39-28(34)19-7-10-21(35-2)11-8-19)16-30-31-26(32)17-29-27(33)20-9-13-22(36-3)24(15-20)37-4/h6-16H,5,17H2,1-4H3,(H,29,33)(H,31,32)/b30-16+. The summed E-state index contributed by atoms with van der Waals surface area (Å²) in [5.74, 6) is 0.518. The van der Waals surface area contributed by atoms with Gasteiger partial charge in [0.05, 0.1) is 46.3 Å². The van der Waals surface area contributed by atoms with Gasteiger partial charge >= 0.3 is 5.97 Å². The summed E-state index contributed by atoms with van der Waals surface area (Å²) in [5.41, 5.74) is 3.58. The summed E-state index contributed by atoms with van der Waals surface area (Å²) in [4.78, 5) is 37.0. The quantitative estimate of drug-likeness (QED) is 0.156. The maximum absolute atomic E-state index is 12.5. The van der Waals surface area contributed by atoms with Crippen LogP contribution in [0.25, 0.3) is 0 Å². The molecule has 3 aromatic carbocycles. The summed E-state index contributed by atoms with van der Waals surface area (Å²) in [6.07, 6.45) is 1.39. The van der Waals surface area contributed by atoms with Gasteiger partial charge in [-0.15, -0.1) is 0 Å². The van der Waals surface area contributed by atoms with Gasteiger partial charge in [-0.25, -0.2) is 10.2 Å². The summed E-state index contributed by atoms with van der Waals surface area (Å²) in [7, 11) is 4.50. The van der Waals surface area contributed by atoms with Gasteiger partial charge in [0.25, 0.3) is 11.8 Å². The van der Waals surface area contributed by atoms with Gasteiger partial charge in [-0.2, -0.15) is 5.10 Å². The third-order valence-corrected chi connectivity index (χ3v) is 5.25. The summed E-state index contributed by atoms with van der Waals surface area (Å²) in [5, 5.41) is 6.42. The van der Waals surface area contributed by atoms with Crippen LogP contribution in [-0.4, -0.2) is 58.5 Å². The van der Waals surface area contributed by atoms with E-state index in [2.05, 4.69) is 15.8 Å². The minimum atomic E-state index is -0.553. The van der Waals surface area contributed by atoms with Crippen molar-refractivity contribution < 1.29 is 38.1 Å². The van der Waals surface area contributed by atoms with E-state index in [1.54, 1.807) is 61.5 Å². The molecule has 0 aliphatic carbocycles. The third kappa shape index (κ3) is 7.96. The van der Waals surface area contributed by atoms with E-state index < -0.39 is 17.8 Å². The molecule has 0 heterocycles. The van der Waals surface area contributed by atoms with Gasteiger partial charge in [0.2, 0.25) is 0 Å². The van der Waals surface area contributed by atoms with Crippen LogP contribution in [0.4, 0.5) is 0 Å². The lowest BCUT2D eigenvalue weighted by atomic mass is 10.2. The number of carbonyl (C=O) groups excluding carboxylic acids is 3. The number of nitrogens with zero attached hydrogens (tertiary/aromatic N) is 1. The predicted molar refractivity (Wildman–Crippen MR) is 143 cm³/mol. The SMILES string of the molecule is CCOc1cc(/C=N/NC(=O)CNC(=O)c2ccc(OC)c(OC)c2)ccc1OC(=O)c1ccc(OC)cc1. The Morgan fingerprint density at radius 3 is 2.15 bits per heavy atom. The lowest BCUT2D eigenvalue weighted by molar-refractivity contribution is -0.120. The summed E-state index contributed by atoms with van der Waals surface area (Å²) < 4.78 is 26.5. The second-order valence-corrected chi connectivity index (χ2v) is 7.80. The maximum atomic E-state index is 12.5. The monoisotopic (exact) mass is 535 g/mol. The maximum Gasteiger partial charge on any atom is 0.343 e. The van der Waals surface area contributed by atoms with Gasteiger partial charge in [-0.3, -0.25) is 9.59 Å². The van der Waals surface area contributed by atoms with Gasteiger partial charge in [0.15, 0.2) is 23.0 Å². The van der Waals surface area contributed by atoms with Crippen molar-refractivity contribution in [2.75, 3.05) is 34.5 Å². The van der Waals surface area contributed by atoms with Crippen LogP contribution in [0.15, 0.2) is 65.8 Å². The van der Waals surface area contributed by atoms with Gasteiger partial charge in [0.1, 0.15) is 5.75 Å². The molecule has 204 valence electrons. The fourth-order valence-electron chi connectivity index (χ4n) is 3.30. The van der Waals surface area contributed by atoms with Crippen LogP contribution in [0.5, 0.6) is 28.7 Å². The van der Waals surface area contributed by atoms with Crippen molar-refractivity contribution in [2.45, 2.75) is 6.92 Å². The van der Waals surface area contributed by atoms with Crippen molar-refractivity contribution in [2.24, 2.45) is 5.10 Å². The highest BCUT2D eigenvalue weighted by Crippen LogP contribution is 2.29. The molecule has 0 unspecified atom stereocenters. The fraction of sp³-hybridized carbons (Fsp3) is 0.214. The lowest BCUT2D eigenvalue weighted by Gasteiger charge is -2.11. The first-order valence-corrected chi connectivity index (χ1v) is 11.8. The summed E-state index contributed by atoms with van der Waals surface area (Å²) >= 11 is 0. The zero-order valence-electron chi connectivity index (χ0n) is 22.0. The number of carbonyl (C=O) groups is 3.